The van der Waals surface area contributed by atoms with E-state index in [0.717, 1.165) is 17.1 Å². The Balaban J connectivity index is 1.35. The van der Waals surface area contributed by atoms with Crippen LogP contribution in [0.2, 0.25) is 0 Å². The Morgan fingerprint density at radius 1 is 1.03 bits per heavy atom. The number of anilines is 2. The molecule has 1 aromatic heterocycles. The second-order valence-corrected chi connectivity index (χ2v) is 7.93. The standard InChI is InChI=1S/C22H20BrFN4O/c23-17-6-7-20(18(24)14-17)25-22(29)16-10-12-28(13-11-16)21-9-8-19(26-27-21)15-4-2-1-3-5-15/h1-9,14,16H,10-13H2,(H,25,29). The van der Waals surface area contributed by atoms with E-state index in [9.17, 15) is 9.18 Å². The minimum absolute atomic E-state index is 0.142. The van der Waals surface area contributed by atoms with Crippen molar-refractivity contribution in [3.8, 4) is 11.3 Å². The second-order valence-electron chi connectivity index (χ2n) is 7.02. The number of carbonyl (C=O) groups is 1. The van der Waals surface area contributed by atoms with E-state index in [-0.39, 0.29) is 17.5 Å². The van der Waals surface area contributed by atoms with Gasteiger partial charge in [-0.3, -0.25) is 4.79 Å². The molecule has 5 nitrogen and oxygen atoms in total. The topological polar surface area (TPSA) is 58.1 Å². The van der Waals surface area contributed by atoms with Crippen molar-refractivity contribution in [3.63, 3.8) is 0 Å². The van der Waals surface area contributed by atoms with E-state index in [4.69, 9.17) is 0 Å². The van der Waals surface area contributed by atoms with E-state index in [0.29, 0.717) is 30.4 Å². The summed E-state index contributed by atoms with van der Waals surface area (Å²) < 4.78 is 14.6. The van der Waals surface area contributed by atoms with Gasteiger partial charge >= 0.3 is 0 Å². The minimum Gasteiger partial charge on any atom is -0.355 e. The maximum absolute atomic E-state index is 13.9. The molecule has 1 aliphatic heterocycles. The summed E-state index contributed by atoms with van der Waals surface area (Å²) in [5.41, 5.74) is 2.07. The van der Waals surface area contributed by atoms with Crippen LogP contribution >= 0.6 is 15.9 Å². The Labute approximate surface area is 177 Å². The Hall–Kier alpha value is -2.80. The highest BCUT2D eigenvalue weighted by Gasteiger charge is 2.26. The molecule has 0 radical (unpaired) electrons. The van der Waals surface area contributed by atoms with Crippen LogP contribution in [-0.2, 0) is 4.79 Å². The van der Waals surface area contributed by atoms with Crippen LogP contribution in [0.25, 0.3) is 11.3 Å². The molecule has 7 heteroatoms. The molecule has 4 rings (SSSR count). The van der Waals surface area contributed by atoms with Gasteiger partial charge in [0.1, 0.15) is 5.82 Å². The number of benzene rings is 2. The largest absolute Gasteiger partial charge is 0.355 e. The van der Waals surface area contributed by atoms with Crippen molar-refractivity contribution in [3.05, 3.63) is 71.0 Å². The molecular formula is C22H20BrFN4O. The summed E-state index contributed by atoms with van der Waals surface area (Å²) in [5, 5.41) is 11.4. The second kappa shape index (κ2) is 8.69. The van der Waals surface area contributed by atoms with E-state index in [1.807, 2.05) is 42.5 Å². The van der Waals surface area contributed by atoms with Crippen molar-refractivity contribution in [1.82, 2.24) is 10.2 Å². The highest BCUT2D eigenvalue weighted by atomic mass is 79.9. The molecule has 1 saturated heterocycles. The van der Waals surface area contributed by atoms with E-state index >= 15 is 0 Å². The molecule has 0 unspecified atom stereocenters. The smallest absolute Gasteiger partial charge is 0.227 e. The van der Waals surface area contributed by atoms with Gasteiger partial charge in [-0.2, -0.15) is 0 Å². The molecule has 1 amide bonds. The van der Waals surface area contributed by atoms with Gasteiger partial charge in [-0.05, 0) is 43.2 Å². The van der Waals surface area contributed by atoms with Gasteiger partial charge in [0, 0.05) is 29.0 Å². The predicted octanol–water partition coefficient (Wildman–Crippen LogP) is 4.90. The van der Waals surface area contributed by atoms with Gasteiger partial charge in [0.2, 0.25) is 5.91 Å². The van der Waals surface area contributed by atoms with Gasteiger partial charge < -0.3 is 10.2 Å². The summed E-state index contributed by atoms with van der Waals surface area (Å²) in [6.45, 7) is 1.42. The van der Waals surface area contributed by atoms with Crippen molar-refractivity contribution < 1.29 is 9.18 Å². The Morgan fingerprint density at radius 2 is 1.79 bits per heavy atom. The van der Waals surface area contributed by atoms with E-state index in [2.05, 4.69) is 36.3 Å². The fourth-order valence-electron chi connectivity index (χ4n) is 3.45. The van der Waals surface area contributed by atoms with Crippen molar-refractivity contribution in [1.29, 1.82) is 0 Å². The normalized spacial score (nSPS) is 14.6. The molecule has 0 spiro atoms. The summed E-state index contributed by atoms with van der Waals surface area (Å²) in [5.74, 6) is 0.0728. The molecule has 0 bridgehead atoms. The van der Waals surface area contributed by atoms with Crippen molar-refractivity contribution in [2.45, 2.75) is 12.8 Å². The average molecular weight is 455 g/mol. The minimum atomic E-state index is -0.445. The van der Waals surface area contributed by atoms with Crippen LogP contribution in [0.3, 0.4) is 0 Å². The lowest BCUT2D eigenvalue weighted by Gasteiger charge is -2.31. The third-order valence-electron chi connectivity index (χ3n) is 5.10. The van der Waals surface area contributed by atoms with Crippen molar-refractivity contribution >= 4 is 33.3 Å². The number of rotatable bonds is 4. The molecule has 2 heterocycles. The molecule has 1 aliphatic rings. The number of hydrogen-bond acceptors (Lipinski definition) is 4. The zero-order chi connectivity index (χ0) is 20.2. The fourth-order valence-corrected chi connectivity index (χ4v) is 3.79. The number of nitrogens with one attached hydrogen (secondary N) is 1. The number of nitrogens with zero attached hydrogens (tertiary/aromatic N) is 3. The zero-order valence-corrected chi connectivity index (χ0v) is 17.3. The van der Waals surface area contributed by atoms with Gasteiger partial charge in [-0.15, -0.1) is 10.2 Å². The first-order valence-corrected chi connectivity index (χ1v) is 10.3. The zero-order valence-electron chi connectivity index (χ0n) is 15.7. The van der Waals surface area contributed by atoms with Crippen LogP contribution in [0.15, 0.2) is 65.1 Å². The van der Waals surface area contributed by atoms with Gasteiger partial charge in [-0.25, -0.2) is 4.39 Å². The van der Waals surface area contributed by atoms with Gasteiger partial charge in [0.05, 0.1) is 11.4 Å². The monoisotopic (exact) mass is 454 g/mol. The van der Waals surface area contributed by atoms with E-state index in [1.54, 1.807) is 12.1 Å². The molecule has 0 atom stereocenters. The lowest BCUT2D eigenvalue weighted by atomic mass is 9.95. The first-order chi connectivity index (χ1) is 14.1. The first kappa shape index (κ1) is 19.5. The number of amides is 1. The third-order valence-corrected chi connectivity index (χ3v) is 5.59. The lowest BCUT2D eigenvalue weighted by molar-refractivity contribution is -0.120. The van der Waals surface area contributed by atoms with Crippen LogP contribution < -0.4 is 10.2 Å². The number of halogens is 2. The van der Waals surface area contributed by atoms with E-state index < -0.39 is 5.82 Å². The highest BCUT2D eigenvalue weighted by molar-refractivity contribution is 9.10. The Bertz CT molecular complexity index is 989. The SMILES string of the molecule is O=C(Nc1ccc(Br)cc1F)C1CCN(c2ccc(-c3ccccc3)nn2)CC1. The fraction of sp³-hybridized carbons (Fsp3) is 0.227. The lowest BCUT2D eigenvalue weighted by Crippen LogP contribution is -2.38. The summed E-state index contributed by atoms with van der Waals surface area (Å²) in [4.78, 5) is 14.6. The van der Waals surface area contributed by atoms with Crippen LogP contribution in [-0.4, -0.2) is 29.2 Å². The molecule has 1 N–H and O–H groups in total. The van der Waals surface area contributed by atoms with Crippen molar-refractivity contribution in [2.75, 3.05) is 23.3 Å². The molecule has 29 heavy (non-hydrogen) atoms. The quantitative estimate of drug-likeness (QED) is 0.608. The summed E-state index contributed by atoms with van der Waals surface area (Å²) in [7, 11) is 0. The number of hydrogen-bond donors (Lipinski definition) is 1. The predicted molar refractivity (Wildman–Crippen MR) is 115 cm³/mol. The van der Waals surface area contributed by atoms with Gasteiger partial charge in [-0.1, -0.05) is 46.3 Å². The first-order valence-electron chi connectivity index (χ1n) is 9.50. The molecule has 2 aromatic carbocycles. The number of carbonyl (C=O) groups excluding carboxylic acids is 1. The molecular weight excluding hydrogens is 435 g/mol. The molecule has 0 aliphatic carbocycles. The van der Waals surface area contributed by atoms with Crippen LogP contribution in [0.1, 0.15) is 12.8 Å². The van der Waals surface area contributed by atoms with Crippen LogP contribution in [0.5, 0.6) is 0 Å². The van der Waals surface area contributed by atoms with Crippen LogP contribution in [0, 0.1) is 11.7 Å². The molecule has 1 fully saturated rings. The van der Waals surface area contributed by atoms with Gasteiger partial charge in [0.25, 0.3) is 0 Å². The molecule has 0 saturated carbocycles. The Morgan fingerprint density at radius 3 is 2.45 bits per heavy atom. The molecule has 148 valence electrons. The average Bonchev–Trinajstić information content (AvgIpc) is 2.76. The maximum Gasteiger partial charge on any atom is 0.227 e. The Kier molecular flexibility index (Phi) is 5.85. The summed E-state index contributed by atoms with van der Waals surface area (Å²) in [6.07, 6.45) is 1.37. The summed E-state index contributed by atoms with van der Waals surface area (Å²) >= 11 is 3.22. The number of aromatic nitrogens is 2. The van der Waals surface area contributed by atoms with E-state index in [1.165, 1.54) is 6.07 Å². The molecule has 3 aromatic rings. The maximum atomic E-state index is 13.9. The van der Waals surface area contributed by atoms with Crippen molar-refractivity contribution in [2.24, 2.45) is 5.92 Å². The van der Waals surface area contributed by atoms with Crippen LogP contribution in [0.4, 0.5) is 15.9 Å². The van der Waals surface area contributed by atoms with Gasteiger partial charge in [0.15, 0.2) is 5.82 Å². The number of piperidine rings is 1. The summed E-state index contributed by atoms with van der Waals surface area (Å²) in [6, 6.07) is 18.5. The third kappa shape index (κ3) is 4.62. The highest BCUT2D eigenvalue weighted by Crippen LogP contribution is 2.25.